The number of furan rings is 1. The third-order valence-corrected chi connectivity index (χ3v) is 2.99. The Morgan fingerprint density at radius 3 is 2.78 bits per heavy atom. The van der Waals surface area contributed by atoms with Crippen molar-refractivity contribution in [1.29, 1.82) is 0 Å². The van der Waals surface area contributed by atoms with Crippen molar-refractivity contribution in [3.8, 4) is 0 Å². The van der Waals surface area contributed by atoms with Crippen LogP contribution in [0.2, 0.25) is 0 Å². The van der Waals surface area contributed by atoms with Gasteiger partial charge in [-0.25, -0.2) is 0 Å². The maximum absolute atomic E-state index is 11.9. The second kappa shape index (κ2) is 5.27. The Morgan fingerprint density at radius 1 is 1.39 bits per heavy atom. The molecule has 0 aliphatic carbocycles. The summed E-state index contributed by atoms with van der Waals surface area (Å²) in [4.78, 5) is 11.9. The zero-order chi connectivity index (χ0) is 13.1. The van der Waals surface area contributed by atoms with Crippen molar-refractivity contribution in [2.45, 2.75) is 13.3 Å². The van der Waals surface area contributed by atoms with Gasteiger partial charge in [0.1, 0.15) is 5.76 Å². The number of nitrogens with two attached hydrogens (primary N) is 1. The molecular formula is C13H13BrN2O2. The predicted octanol–water partition coefficient (Wildman–Crippen LogP) is 3.44. The fourth-order valence-electron chi connectivity index (χ4n) is 1.52. The summed E-state index contributed by atoms with van der Waals surface area (Å²) in [5, 5.41) is 2.71. The number of anilines is 2. The fraction of sp³-hybridized carbons (Fsp3) is 0.154. The Labute approximate surface area is 113 Å². The molecule has 0 radical (unpaired) electrons. The molecule has 0 saturated carbocycles. The molecule has 1 aromatic heterocycles. The number of carbonyl (C=O) groups excluding carboxylic acids is 1. The SMILES string of the molecule is CCc1ccc(C(=O)Nc2ccc(Br)cc2N)o1. The van der Waals surface area contributed by atoms with Gasteiger partial charge in [0.2, 0.25) is 0 Å². The fourth-order valence-corrected chi connectivity index (χ4v) is 1.90. The average Bonchev–Trinajstić information content (AvgIpc) is 2.81. The highest BCUT2D eigenvalue weighted by atomic mass is 79.9. The molecule has 1 aromatic carbocycles. The first-order valence-electron chi connectivity index (χ1n) is 5.55. The number of rotatable bonds is 3. The van der Waals surface area contributed by atoms with Gasteiger partial charge >= 0.3 is 0 Å². The second-order valence-corrected chi connectivity index (χ2v) is 4.72. The van der Waals surface area contributed by atoms with Crippen LogP contribution in [0.15, 0.2) is 39.2 Å². The van der Waals surface area contributed by atoms with E-state index in [9.17, 15) is 4.79 Å². The summed E-state index contributed by atoms with van der Waals surface area (Å²) in [6.45, 7) is 1.97. The third-order valence-electron chi connectivity index (χ3n) is 2.50. The first-order chi connectivity index (χ1) is 8.60. The second-order valence-electron chi connectivity index (χ2n) is 3.81. The van der Waals surface area contributed by atoms with Crippen molar-refractivity contribution in [3.05, 3.63) is 46.3 Å². The Kier molecular flexibility index (Phi) is 3.72. The predicted molar refractivity (Wildman–Crippen MR) is 74.6 cm³/mol. The lowest BCUT2D eigenvalue weighted by atomic mass is 10.2. The van der Waals surface area contributed by atoms with E-state index >= 15 is 0 Å². The normalized spacial score (nSPS) is 10.3. The van der Waals surface area contributed by atoms with Gasteiger partial charge in [-0.2, -0.15) is 0 Å². The molecule has 0 aliphatic rings. The van der Waals surface area contributed by atoms with Gasteiger partial charge in [-0.3, -0.25) is 4.79 Å². The van der Waals surface area contributed by atoms with Crippen LogP contribution in [0, 0.1) is 0 Å². The summed E-state index contributed by atoms with van der Waals surface area (Å²) in [5.41, 5.74) is 6.87. The average molecular weight is 309 g/mol. The molecule has 0 aliphatic heterocycles. The summed E-state index contributed by atoms with van der Waals surface area (Å²) in [5.74, 6) is 0.766. The number of nitrogen functional groups attached to an aromatic ring is 1. The standard InChI is InChI=1S/C13H13BrN2O2/c1-2-9-4-6-12(18-9)13(17)16-11-5-3-8(14)7-10(11)15/h3-7H,2,15H2,1H3,(H,16,17). The number of carbonyl (C=O) groups is 1. The van der Waals surface area contributed by atoms with Gasteiger partial charge in [0, 0.05) is 10.9 Å². The zero-order valence-electron chi connectivity index (χ0n) is 9.87. The monoisotopic (exact) mass is 308 g/mol. The van der Waals surface area contributed by atoms with Crippen LogP contribution in [0.3, 0.4) is 0 Å². The smallest absolute Gasteiger partial charge is 0.291 e. The molecule has 3 N–H and O–H groups in total. The summed E-state index contributed by atoms with van der Waals surface area (Å²) >= 11 is 3.31. The van der Waals surface area contributed by atoms with Gasteiger partial charge in [0.25, 0.3) is 5.91 Å². The minimum absolute atomic E-state index is 0.286. The molecule has 2 aromatic rings. The molecule has 0 atom stereocenters. The van der Waals surface area contributed by atoms with Crippen molar-refractivity contribution < 1.29 is 9.21 Å². The molecule has 0 unspecified atom stereocenters. The Morgan fingerprint density at radius 2 is 2.17 bits per heavy atom. The van der Waals surface area contributed by atoms with E-state index in [2.05, 4.69) is 21.2 Å². The highest BCUT2D eigenvalue weighted by Gasteiger charge is 2.12. The van der Waals surface area contributed by atoms with Gasteiger partial charge in [0.15, 0.2) is 5.76 Å². The largest absolute Gasteiger partial charge is 0.456 e. The molecule has 18 heavy (non-hydrogen) atoms. The van der Waals surface area contributed by atoms with E-state index in [0.717, 1.165) is 16.7 Å². The number of nitrogens with one attached hydrogen (secondary N) is 1. The van der Waals surface area contributed by atoms with Crippen molar-refractivity contribution >= 4 is 33.2 Å². The van der Waals surface area contributed by atoms with E-state index in [-0.39, 0.29) is 11.7 Å². The maximum Gasteiger partial charge on any atom is 0.291 e. The van der Waals surface area contributed by atoms with E-state index in [0.29, 0.717) is 11.4 Å². The topological polar surface area (TPSA) is 68.3 Å². The maximum atomic E-state index is 11.9. The van der Waals surface area contributed by atoms with Crippen molar-refractivity contribution in [2.75, 3.05) is 11.1 Å². The molecule has 0 bridgehead atoms. The van der Waals surface area contributed by atoms with E-state index < -0.39 is 0 Å². The summed E-state index contributed by atoms with van der Waals surface area (Å²) in [7, 11) is 0. The first kappa shape index (κ1) is 12.7. The summed E-state index contributed by atoms with van der Waals surface area (Å²) in [6, 6.07) is 8.73. The lowest BCUT2D eigenvalue weighted by molar-refractivity contribution is 0.0995. The van der Waals surface area contributed by atoms with Gasteiger partial charge in [-0.15, -0.1) is 0 Å². The Balaban J connectivity index is 2.16. The first-order valence-corrected chi connectivity index (χ1v) is 6.34. The van der Waals surface area contributed by atoms with Crippen molar-refractivity contribution in [1.82, 2.24) is 0 Å². The number of aryl methyl sites for hydroxylation is 1. The van der Waals surface area contributed by atoms with E-state index in [1.165, 1.54) is 0 Å². The van der Waals surface area contributed by atoms with E-state index in [1.54, 1.807) is 24.3 Å². The van der Waals surface area contributed by atoms with Gasteiger partial charge in [0.05, 0.1) is 11.4 Å². The number of amides is 1. The van der Waals surface area contributed by atoms with Gasteiger partial charge < -0.3 is 15.5 Å². The molecular weight excluding hydrogens is 296 g/mol. The van der Waals surface area contributed by atoms with Crippen LogP contribution in [0.1, 0.15) is 23.2 Å². The number of benzene rings is 1. The molecule has 2 rings (SSSR count). The van der Waals surface area contributed by atoms with E-state index in [4.69, 9.17) is 10.2 Å². The zero-order valence-corrected chi connectivity index (χ0v) is 11.5. The van der Waals surface area contributed by atoms with Crippen LogP contribution in [0.4, 0.5) is 11.4 Å². The Bertz CT molecular complexity index is 578. The van der Waals surface area contributed by atoms with E-state index in [1.807, 2.05) is 13.0 Å². The third kappa shape index (κ3) is 2.73. The number of halogens is 1. The van der Waals surface area contributed by atoms with Crippen LogP contribution in [-0.2, 0) is 6.42 Å². The van der Waals surface area contributed by atoms with Crippen LogP contribution in [0.5, 0.6) is 0 Å². The molecule has 0 saturated heterocycles. The van der Waals surface area contributed by atoms with Crippen LogP contribution < -0.4 is 11.1 Å². The van der Waals surface area contributed by atoms with Crippen LogP contribution in [-0.4, -0.2) is 5.91 Å². The minimum Gasteiger partial charge on any atom is -0.456 e. The quantitative estimate of drug-likeness (QED) is 0.853. The molecule has 1 amide bonds. The number of hydrogen-bond donors (Lipinski definition) is 2. The molecule has 94 valence electrons. The molecule has 5 heteroatoms. The highest BCUT2D eigenvalue weighted by molar-refractivity contribution is 9.10. The van der Waals surface area contributed by atoms with Gasteiger partial charge in [-0.05, 0) is 30.3 Å². The van der Waals surface area contributed by atoms with Crippen LogP contribution >= 0.6 is 15.9 Å². The summed E-state index contributed by atoms with van der Waals surface area (Å²) in [6.07, 6.45) is 0.758. The highest BCUT2D eigenvalue weighted by Crippen LogP contribution is 2.23. The molecule has 4 nitrogen and oxygen atoms in total. The molecule has 0 spiro atoms. The van der Waals surface area contributed by atoms with Crippen molar-refractivity contribution in [3.63, 3.8) is 0 Å². The molecule has 0 fully saturated rings. The van der Waals surface area contributed by atoms with Crippen molar-refractivity contribution in [2.24, 2.45) is 0 Å². The lowest BCUT2D eigenvalue weighted by Crippen LogP contribution is -2.12. The van der Waals surface area contributed by atoms with Gasteiger partial charge in [-0.1, -0.05) is 22.9 Å². The molecule has 1 heterocycles. The minimum atomic E-state index is -0.302. The lowest BCUT2D eigenvalue weighted by Gasteiger charge is -2.06. The number of hydrogen-bond acceptors (Lipinski definition) is 3. The van der Waals surface area contributed by atoms with Crippen LogP contribution in [0.25, 0.3) is 0 Å². The Hall–Kier alpha value is -1.75. The summed E-state index contributed by atoms with van der Waals surface area (Å²) < 4.78 is 6.23.